The number of phenolic OH excluding ortho intramolecular Hbond substituents is 1. The lowest BCUT2D eigenvalue weighted by Gasteiger charge is -2.32. The van der Waals surface area contributed by atoms with Gasteiger partial charge >= 0.3 is 11.9 Å². The van der Waals surface area contributed by atoms with E-state index in [4.69, 9.17) is 26.2 Å². The summed E-state index contributed by atoms with van der Waals surface area (Å²) in [6.45, 7) is 1.80. The van der Waals surface area contributed by atoms with Crippen LogP contribution in [0.1, 0.15) is 31.2 Å². The second-order valence-electron chi connectivity index (χ2n) is 6.30. The summed E-state index contributed by atoms with van der Waals surface area (Å²) in [5.41, 5.74) is 1.50. The zero-order valence-electron chi connectivity index (χ0n) is 13.3. The first-order valence-corrected chi connectivity index (χ1v) is 7.81. The van der Waals surface area contributed by atoms with E-state index in [0.29, 0.717) is 11.8 Å². The maximum Gasteiger partial charge on any atom is 0.414 e. The molecule has 6 nitrogen and oxygen atoms in total. The number of fused-ring (bicyclic) bond motifs is 2. The number of aliphatic carboxylic acids is 2. The van der Waals surface area contributed by atoms with Crippen molar-refractivity contribution in [3.05, 3.63) is 29.8 Å². The van der Waals surface area contributed by atoms with E-state index in [1.165, 1.54) is 31.2 Å². The molecule has 0 radical (unpaired) electrons. The lowest BCUT2D eigenvalue weighted by molar-refractivity contribution is -0.159. The minimum atomic E-state index is -1.82. The van der Waals surface area contributed by atoms with Crippen LogP contribution in [0.2, 0.25) is 0 Å². The zero-order valence-corrected chi connectivity index (χ0v) is 13.3. The summed E-state index contributed by atoms with van der Waals surface area (Å²) >= 11 is 0. The van der Waals surface area contributed by atoms with Crippen LogP contribution in [-0.2, 0) is 15.0 Å². The molecule has 1 heterocycles. The van der Waals surface area contributed by atoms with Crippen LogP contribution < -0.4 is 0 Å². The van der Waals surface area contributed by atoms with Crippen molar-refractivity contribution in [3.63, 3.8) is 0 Å². The molecule has 1 aromatic rings. The second-order valence-corrected chi connectivity index (χ2v) is 6.30. The van der Waals surface area contributed by atoms with Gasteiger partial charge in [-0.15, -0.1) is 6.42 Å². The molecule has 6 heteroatoms. The van der Waals surface area contributed by atoms with Crippen LogP contribution >= 0.6 is 0 Å². The predicted octanol–water partition coefficient (Wildman–Crippen LogP) is 1.68. The van der Waals surface area contributed by atoms with Gasteiger partial charge in [-0.2, -0.15) is 0 Å². The Morgan fingerprint density at radius 2 is 2.04 bits per heavy atom. The average molecular weight is 331 g/mol. The first kappa shape index (κ1) is 17.8. The lowest BCUT2D eigenvalue weighted by Crippen LogP contribution is -2.30. The van der Waals surface area contributed by atoms with Gasteiger partial charge in [0.05, 0.1) is 6.54 Å². The topological polar surface area (TPSA) is 98.1 Å². The fourth-order valence-corrected chi connectivity index (χ4v) is 3.80. The van der Waals surface area contributed by atoms with E-state index in [9.17, 15) is 5.11 Å². The van der Waals surface area contributed by atoms with E-state index in [2.05, 4.69) is 16.9 Å². The Morgan fingerprint density at radius 1 is 1.33 bits per heavy atom. The number of terminal acetylenes is 1. The summed E-state index contributed by atoms with van der Waals surface area (Å²) in [5.74, 6) is -0.495. The van der Waals surface area contributed by atoms with E-state index in [1.54, 1.807) is 6.07 Å². The molecule has 3 rings (SSSR count). The Hall–Kier alpha value is -2.52. The molecule has 1 aliphatic carbocycles. The number of hydrogen-bond donors (Lipinski definition) is 3. The monoisotopic (exact) mass is 331 g/mol. The predicted molar refractivity (Wildman–Crippen MR) is 87.7 cm³/mol. The maximum atomic E-state index is 9.69. The van der Waals surface area contributed by atoms with Crippen LogP contribution in [-0.4, -0.2) is 51.3 Å². The standard InChI is InChI=1S/C16H19NO.C2H2O4/c1-2-9-17-12-16(8-4-6-14(17)11-16)13-5-3-7-15(18)10-13;3-1(4)2(5)6/h1,3,5,7,10,14,18H,4,6,8-9,11-12H2;(H,3,4)(H,5,6). The molecule has 2 aliphatic rings. The first-order chi connectivity index (χ1) is 11.4. The molecule has 1 saturated heterocycles. The molecule has 0 spiro atoms. The molecule has 0 aromatic heterocycles. The Labute approximate surface area is 140 Å². The molecule has 2 bridgehead atoms. The molecule has 2 unspecified atom stereocenters. The highest BCUT2D eigenvalue weighted by atomic mass is 16.4. The van der Waals surface area contributed by atoms with E-state index in [1.807, 2.05) is 12.1 Å². The number of carboxylic acid groups (broad SMARTS) is 2. The molecule has 24 heavy (non-hydrogen) atoms. The fraction of sp³-hybridized carbons (Fsp3) is 0.444. The number of rotatable bonds is 2. The van der Waals surface area contributed by atoms with E-state index in [-0.39, 0.29) is 5.41 Å². The van der Waals surface area contributed by atoms with Crippen molar-refractivity contribution < 1.29 is 24.9 Å². The van der Waals surface area contributed by atoms with Gasteiger partial charge in [0.2, 0.25) is 0 Å². The van der Waals surface area contributed by atoms with Gasteiger partial charge in [0.1, 0.15) is 5.75 Å². The smallest absolute Gasteiger partial charge is 0.414 e. The number of nitrogens with zero attached hydrogens (tertiary/aromatic N) is 1. The highest BCUT2D eigenvalue weighted by molar-refractivity contribution is 6.27. The van der Waals surface area contributed by atoms with Gasteiger partial charge in [-0.3, -0.25) is 4.90 Å². The van der Waals surface area contributed by atoms with Gasteiger partial charge in [0.25, 0.3) is 0 Å². The highest BCUT2D eigenvalue weighted by Crippen LogP contribution is 2.47. The number of likely N-dealkylation sites (tertiary alicyclic amines) is 1. The van der Waals surface area contributed by atoms with Crippen LogP contribution in [0.3, 0.4) is 0 Å². The summed E-state index contributed by atoms with van der Waals surface area (Å²) in [6.07, 6.45) is 10.4. The van der Waals surface area contributed by atoms with E-state index >= 15 is 0 Å². The number of carbonyl (C=O) groups is 2. The number of hydrogen-bond acceptors (Lipinski definition) is 4. The third kappa shape index (κ3) is 3.87. The normalized spacial score (nSPS) is 25.2. The Bertz CT molecular complexity index is 654. The van der Waals surface area contributed by atoms with Gasteiger partial charge in [-0.1, -0.05) is 24.5 Å². The number of aromatic hydroxyl groups is 1. The molecule has 1 aromatic carbocycles. The SMILES string of the molecule is C#CCN1CC2(c3cccc(O)c3)CCCC1C2.O=C(O)C(=O)O. The Morgan fingerprint density at radius 3 is 2.62 bits per heavy atom. The third-order valence-electron chi connectivity index (χ3n) is 4.78. The van der Waals surface area contributed by atoms with Crippen molar-refractivity contribution in [2.75, 3.05) is 13.1 Å². The lowest BCUT2D eigenvalue weighted by atomic mass is 9.71. The molecule has 2 atom stereocenters. The van der Waals surface area contributed by atoms with Crippen molar-refractivity contribution in [1.82, 2.24) is 4.90 Å². The number of benzene rings is 1. The molecule has 1 saturated carbocycles. The summed E-state index contributed by atoms with van der Waals surface area (Å²) < 4.78 is 0. The maximum absolute atomic E-state index is 9.69. The van der Waals surface area contributed by atoms with Gasteiger partial charge in [0.15, 0.2) is 0 Å². The average Bonchev–Trinajstić information content (AvgIpc) is 2.79. The second kappa shape index (κ2) is 7.37. The number of phenols is 1. The molecule has 128 valence electrons. The minimum Gasteiger partial charge on any atom is -0.508 e. The van der Waals surface area contributed by atoms with Gasteiger partial charge in [-0.05, 0) is 37.0 Å². The molecule has 2 fully saturated rings. The van der Waals surface area contributed by atoms with Crippen LogP contribution in [0.25, 0.3) is 0 Å². The van der Waals surface area contributed by atoms with Crippen molar-refractivity contribution >= 4 is 11.9 Å². The highest BCUT2D eigenvalue weighted by Gasteiger charge is 2.47. The third-order valence-corrected chi connectivity index (χ3v) is 4.78. The van der Waals surface area contributed by atoms with Crippen LogP contribution in [0.4, 0.5) is 0 Å². The first-order valence-electron chi connectivity index (χ1n) is 7.81. The van der Waals surface area contributed by atoms with Gasteiger partial charge in [-0.25, -0.2) is 9.59 Å². The van der Waals surface area contributed by atoms with Crippen molar-refractivity contribution in [2.45, 2.75) is 37.1 Å². The molecular formula is C18H21NO5. The van der Waals surface area contributed by atoms with Crippen molar-refractivity contribution in [1.29, 1.82) is 0 Å². The van der Waals surface area contributed by atoms with Crippen LogP contribution in [0, 0.1) is 12.3 Å². The summed E-state index contributed by atoms with van der Waals surface area (Å²) in [4.78, 5) is 20.6. The summed E-state index contributed by atoms with van der Waals surface area (Å²) in [5, 5.41) is 24.5. The Balaban J connectivity index is 0.000000301. The van der Waals surface area contributed by atoms with Crippen LogP contribution in [0.15, 0.2) is 24.3 Å². The molecule has 3 N–H and O–H groups in total. The summed E-state index contributed by atoms with van der Waals surface area (Å²) in [7, 11) is 0. The van der Waals surface area contributed by atoms with Crippen LogP contribution in [0.5, 0.6) is 5.75 Å². The van der Waals surface area contributed by atoms with Crippen molar-refractivity contribution in [2.24, 2.45) is 0 Å². The largest absolute Gasteiger partial charge is 0.508 e. The molecular weight excluding hydrogens is 310 g/mol. The molecule has 1 aliphatic heterocycles. The van der Waals surface area contributed by atoms with Gasteiger partial charge in [0, 0.05) is 18.0 Å². The Kier molecular flexibility index (Phi) is 5.47. The fourth-order valence-electron chi connectivity index (χ4n) is 3.80. The quantitative estimate of drug-likeness (QED) is 0.563. The molecule has 0 amide bonds. The summed E-state index contributed by atoms with van der Waals surface area (Å²) in [6, 6.07) is 8.42. The minimum absolute atomic E-state index is 0.221. The van der Waals surface area contributed by atoms with E-state index < -0.39 is 11.9 Å². The zero-order chi connectivity index (χ0) is 17.7. The number of carboxylic acids is 2. The van der Waals surface area contributed by atoms with Crippen molar-refractivity contribution in [3.8, 4) is 18.1 Å². The van der Waals surface area contributed by atoms with E-state index in [0.717, 1.165) is 13.1 Å². The van der Waals surface area contributed by atoms with Gasteiger partial charge < -0.3 is 15.3 Å².